The molecule has 0 aliphatic carbocycles. The molecule has 236 valence electrons. The Labute approximate surface area is 277 Å². The molecule has 0 aliphatic heterocycles. The number of para-hydroxylation sites is 4. The van der Waals surface area contributed by atoms with Gasteiger partial charge < -0.3 is 15.5 Å². The molecule has 2 aromatic heterocycles. The fraction of sp³-hybridized carbons (Fsp3) is 0.154. The van der Waals surface area contributed by atoms with Crippen LogP contribution in [0.25, 0.3) is 54.1 Å². The second-order valence-electron chi connectivity index (χ2n) is 11.6. The maximum atomic E-state index is 13.8. The Morgan fingerprint density at radius 2 is 1.00 bits per heavy atom. The van der Waals surface area contributed by atoms with Crippen molar-refractivity contribution in [3.8, 4) is 0 Å². The molecule has 0 saturated heterocycles. The number of azide groups is 1. The predicted molar refractivity (Wildman–Crippen MR) is 196 cm³/mol. The molecule has 0 unspecified atom stereocenters. The van der Waals surface area contributed by atoms with Gasteiger partial charge >= 0.3 is 0 Å². The van der Waals surface area contributed by atoms with Crippen LogP contribution in [-0.2, 0) is 0 Å². The van der Waals surface area contributed by atoms with Gasteiger partial charge in [0.2, 0.25) is 0 Å². The quantitative estimate of drug-likeness (QED) is 0.0458. The van der Waals surface area contributed by atoms with Crippen molar-refractivity contribution in [3.05, 3.63) is 137 Å². The first kappa shape index (κ1) is 30.5. The highest BCUT2D eigenvalue weighted by atomic mass is 16.2. The highest BCUT2D eigenvalue weighted by Crippen LogP contribution is 2.32. The van der Waals surface area contributed by atoms with E-state index < -0.39 is 0 Å². The van der Waals surface area contributed by atoms with Gasteiger partial charge in [-0.3, -0.25) is 4.79 Å². The van der Waals surface area contributed by atoms with Crippen LogP contribution in [0.5, 0.6) is 0 Å². The van der Waals surface area contributed by atoms with E-state index in [2.05, 4.69) is 44.9 Å². The van der Waals surface area contributed by atoms with Gasteiger partial charge in [-0.15, -0.1) is 0 Å². The Bertz CT molecular complexity index is 2060. The molecule has 0 aliphatic rings. The fourth-order valence-electron chi connectivity index (χ4n) is 6.25. The second kappa shape index (κ2) is 14.1. The van der Waals surface area contributed by atoms with Crippen LogP contribution in [0.3, 0.4) is 0 Å². The lowest BCUT2D eigenvalue weighted by atomic mass is 10.1. The summed E-state index contributed by atoms with van der Waals surface area (Å²) < 4.78 is 0. The van der Waals surface area contributed by atoms with Crippen LogP contribution in [0.4, 0.5) is 17.1 Å². The average Bonchev–Trinajstić information content (AvgIpc) is 3.13. The van der Waals surface area contributed by atoms with Crippen LogP contribution < -0.4 is 10.6 Å². The standard InChI is InChI=1S/C39H34N8O/c40-46-45-28-21-19-27(20-22-28)39(48)47(25-9-23-41-37-29-11-1-5-15-33(29)43-34-16-6-2-12-30(34)37)26-10-24-42-38-31-13-3-7-17-35(31)44-36-18-8-4-14-32(36)38/h1-8,11-22H,9-10,23-26H2,(H,41,43)(H,42,44). The van der Waals surface area contributed by atoms with Gasteiger partial charge in [0.25, 0.3) is 5.91 Å². The lowest BCUT2D eigenvalue weighted by Crippen LogP contribution is -2.34. The molecule has 2 N–H and O–H groups in total. The van der Waals surface area contributed by atoms with E-state index in [-0.39, 0.29) is 5.91 Å². The first-order valence-electron chi connectivity index (χ1n) is 16.2. The molecule has 7 aromatic rings. The number of carbonyl (C=O) groups excluding carboxylic acids is 1. The SMILES string of the molecule is [N-]=[N+]=Nc1ccc(C(=O)N(CCCNc2c3ccccc3nc3ccccc23)CCCNc2c3ccccc3nc3ccccc23)cc1. The van der Waals surface area contributed by atoms with Crippen LogP contribution in [0, 0.1) is 0 Å². The molecule has 0 atom stereocenters. The van der Waals surface area contributed by atoms with Crippen LogP contribution in [0.1, 0.15) is 23.2 Å². The summed E-state index contributed by atoms with van der Waals surface area (Å²) in [7, 11) is 0. The minimum absolute atomic E-state index is 0.0536. The van der Waals surface area contributed by atoms with Crippen molar-refractivity contribution in [3.63, 3.8) is 0 Å². The summed E-state index contributed by atoms with van der Waals surface area (Å²) in [5.41, 5.74) is 15.7. The fourth-order valence-corrected chi connectivity index (χ4v) is 6.25. The zero-order valence-electron chi connectivity index (χ0n) is 26.4. The third-order valence-corrected chi connectivity index (χ3v) is 8.55. The number of fused-ring (bicyclic) bond motifs is 4. The molecule has 1 amide bonds. The summed E-state index contributed by atoms with van der Waals surface area (Å²) in [4.78, 5) is 28.2. The lowest BCUT2D eigenvalue weighted by molar-refractivity contribution is 0.0754. The maximum absolute atomic E-state index is 13.8. The topological polar surface area (TPSA) is 119 Å². The summed E-state index contributed by atoms with van der Waals surface area (Å²) in [6.45, 7) is 2.52. The highest BCUT2D eigenvalue weighted by molar-refractivity contribution is 6.08. The van der Waals surface area contributed by atoms with Gasteiger partial charge in [-0.25, -0.2) is 9.97 Å². The molecule has 0 spiro atoms. The zero-order chi connectivity index (χ0) is 32.7. The number of anilines is 2. The van der Waals surface area contributed by atoms with Crippen molar-refractivity contribution < 1.29 is 4.79 Å². The smallest absolute Gasteiger partial charge is 0.253 e. The van der Waals surface area contributed by atoms with E-state index in [1.165, 1.54) is 0 Å². The van der Waals surface area contributed by atoms with E-state index in [0.29, 0.717) is 37.4 Å². The number of nitrogens with zero attached hydrogens (tertiary/aromatic N) is 6. The zero-order valence-corrected chi connectivity index (χ0v) is 26.4. The van der Waals surface area contributed by atoms with Crippen LogP contribution >= 0.6 is 0 Å². The van der Waals surface area contributed by atoms with Crippen molar-refractivity contribution >= 4 is 66.6 Å². The van der Waals surface area contributed by atoms with Crippen molar-refractivity contribution in [2.45, 2.75) is 12.8 Å². The Morgan fingerprint density at radius 3 is 1.40 bits per heavy atom. The van der Waals surface area contributed by atoms with Crippen molar-refractivity contribution in [2.24, 2.45) is 5.11 Å². The number of nitrogens with one attached hydrogen (secondary N) is 2. The van der Waals surface area contributed by atoms with Crippen LogP contribution in [0.2, 0.25) is 0 Å². The first-order valence-corrected chi connectivity index (χ1v) is 16.2. The van der Waals surface area contributed by atoms with E-state index in [0.717, 1.165) is 67.8 Å². The number of pyridine rings is 2. The monoisotopic (exact) mass is 630 g/mol. The van der Waals surface area contributed by atoms with E-state index in [4.69, 9.17) is 15.5 Å². The predicted octanol–water partition coefficient (Wildman–Crippen LogP) is 9.48. The number of hydrogen-bond donors (Lipinski definition) is 2. The van der Waals surface area contributed by atoms with Gasteiger partial charge in [-0.2, -0.15) is 0 Å². The summed E-state index contributed by atoms with van der Waals surface area (Å²) in [5, 5.41) is 15.3. The second-order valence-corrected chi connectivity index (χ2v) is 11.6. The maximum Gasteiger partial charge on any atom is 0.253 e. The van der Waals surface area contributed by atoms with Crippen molar-refractivity contribution in [2.75, 3.05) is 36.8 Å². The van der Waals surface area contributed by atoms with Crippen LogP contribution in [0.15, 0.2) is 126 Å². The summed E-state index contributed by atoms with van der Waals surface area (Å²) in [6.07, 6.45) is 1.50. The third kappa shape index (κ3) is 6.40. The molecule has 0 fully saturated rings. The number of benzene rings is 5. The molecule has 9 heteroatoms. The largest absolute Gasteiger partial charge is 0.384 e. The van der Waals surface area contributed by atoms with E-state index >= 15 is 0 Å². The Kier molecular flexibility index (Phi) is 8.93. The molecular weight excluding hydrogens is 596 g/mol. The number of rotatable bonds is 12. The van der Waals surface area contributed by atoms with E-state index in [9.17, 15) is 4.79 Å². The summed E-state index contributed by atoms with van der Waals surface area (Å²) in [5.74, 6) is -0.0536. The molecule has 0 saturated carbocycles. The molecule has 48 heavy (non-hydrogen) atoms. The van der Waals surface area contributed by atoms with Gasteiger partial charge in [0.1, 0.15) is 0 Å². The molecule has 5 aromatic carbocycles. The lowest BCUT2D eigenvalue weighted by Gasteiger charge is -2.24. The van der Waals surface area contributed by atoms with Gasteiger partial charge in [0.05, 0.1) is 33.4 Å². The van der Waals surface area contributed by atoms with Gasteiger partial charge in [0, 0.05) is 63.9 Å². The molecule has 2 heterocycles. The summed E-state index contributed by atoms with van der Waals surface area (Å²) >= 11 is 0. The van der Waals surface area contributed by atoms with E-state index in [1.54, 1.807) is 24.3 Å². The third-order valence-electron chi connectivity index (χ3n) is 8.55. The van der Waals surface area contributed by atoms with Crippen LogP contribution in [-0.4, -0.2) is 47.0 Å². The van der Waals surface area contributed by atoms with Gasteiger partial charge in [0.15, 0.2) is 0 Å². The highest BCUT2D eigenvalue weighted by Gasteiger charge is 2.16. The molecule has 0 radical (unpaired) electrons. The Hall–Kier alpha value is -6.18. The van der Waals surface area contributed by atoms with Crippen molar-refractivity contribution in [1.82, 2.24) is 14.9 Å². The molecule has 0 bridgehead atoms. The van der Waals surface area contributed by atoms with Gasteiger partial charge in [-0.1, -0.05) is 90.0 Å². The summed E-state index contributed by atoms with van der Waals surface area (Å²) in [6, 6.07) is 39.4. The molecule has 9 nitrogen and oxygen atoms in total. The normalized spacial score (nSPS) is 11.1. The number of amides is 1. The average molecular weight is 631 g/mol. The molecule has 7 rings (SSSR count). The first-order chi connectivity index (χ1) is 23.7. The van der Waals surface area contributed by atoms with Crippen molar-refractivity contribution in [1.29, 1.82) is 0 Å². The minimum Gasteiger partial charge on any atom is -0.384 e. The van der Waals surface area contributed by atoms with E-state index in [1.807, 2.05) is 77.7 Å². The molecular formula is C39H34N8O. The Balaban J connectivity index is 1.07. The number of hydrogen-bond acceptors (Lipinski definition) is 6. The number of carbonyl (C=O) groups is 1. The van der Waals surface area contributed by atoms with Gasteiger partial charge in [-0.05, 0) is 54.8 Å². The Morgan fingerprint density at radius 1 is 0.604 bits per heavy atom. The number of aromatic nitrogens is 2. The minimum atomic E-state index is -0.0536.